The maximum Gasteiger partial charge on any atom is 0.252 e. The van der Waals surface area contributed by atoms with Gasteiger partial charge in [-0.1, -0.05) is 47.1 Å². The van der Waals surface area contributed by atoms with Gasteiger partial charge in [-0.05, 0) is 43.7 Å². The summed E-state index contributed by atoms with van der Waals surface area (Å²) in [4.78, 5) is 25.7. The van der Waals surface area contributed by atoms with Crippen LogP contribution in [0.2, 0.25) is 5.02 Å². The molecule has 1 aliphatic heterocycles. The number of amides is 1. The summed E-state index contributed by atoms with van der Waals surface area (Å²) in [6.07, 6.45) is 3.20. The lowest BCUT2D eigenvalue weighted by Gasteiger charge is -2.36. The highest BCUT2D eigenvalue weighted by molar-refractivity contribution is 8.00. The number of hydrogen-bond acceptors (Lipinski definition) is 6. The summed E-state index contributed by atoms with van der Waals surface area (Å²) in [7, 11) is 0. The number of carbonyl (C=O) groups is 1. The van der Waals surface area contributed by atoms with Crippen molar-refractivity contribution >= 4 is 35.0 Å². The molecule has 4 rings (SSSR count). The van der Waals surface area contributed by atoms with Gasteiger partial charge in [-0.3, -0.25) is 4.79 Å². The van der Waals surface area contributed by atoms with Crippen LogP contribution in [-0.4, -0.2) is 52.7 Å². The summed E-state index contributed by atoms with van der Waals surface area (Å²) in [6, 6.07) is 13.7. The highest BCUT2D eigenvalue weighted by atomic mass is 35.5. The van der Waals surface area contributed by atoms with Crippen molar-refractivity contribution in [3.8, 4) is 11.6 Å². The molecule has 0 radical (unpaired) electrons. The monoisotopic (exact) mass is 468 g/mol. The number of carbonyl (C=O) groups excluding carboxylic acids is 1. The van der Waals surface area contributed by atoms with Crippen molar-refractivity contribution in [3.63, 3.8) is 0 Å². The Morgan fingerprint density at radius 2 is 1.75 bits per heavy atom. The van der Waals surface area contributed by atoms with Crippen LogP contribution in [0.1, 0.15) is 11.1 Å². The molecule has 0 N–H and O–H groups in total. The third kappa shape index (κ3) is 5.53. The predicted molar refractivity (Wildman–Crippen MR) is 129 cm³/mol. The van der Waals surface area contributed by atoms with Crippen LogP contribution in [0, 0.1) is 13.8 Å². The van der Waals surface area contributed by atoms with Crippen LogP contribution in [0.3, 0.4) is 0 Å². The number of rotatable bonds is 6. The molecule has 0 aliphatic carbocycles. The molecule has 1 aliphatic rings. The second kappa shape index (κ2) is 10.2. The van der Waals surface area contributed by atoms with Crippen LogP contribution >= 0.6 is 23.4 Å². The minimum absolute atomic E-state index is 0.0874. The van der Waals surface area contributed by atoms with Gasteiger partial charge in [0.1, 0.15) is 5.75 Å². The number of nitrogens with zero attached hydrogens (tertiary/aromatic N) is 4. The summed E-state index contributed by atoms with van der Waals surface area (Å²) in [5.41, 5.74) is 3.48. The van der Waals surface area contributed by atoms with Gasteiger partial charge >= 0.3 is 0 Å². The normalized spacial score (nSPS) is 13.8. The van der Waals surface area contributed by atoms with E-state index in [1.807, 2.05) is 54.3 Å². The third-order valence-electron chi connectivity index (χ3n) is 5.35. The Hall–Kier alpha value is -2.77. The lowest BCUT2D eigenvalue weighted by Crippen LogP contribution is -2.49. The molecule has 1 aromatic heterocycles. The van der Waals surface area contributed by atoms with Crippen molar-refractivity contribution in [1.82, 2.24) is 14.9 Å². The molecule has 1 amide bonds. The number of benzene rings is 2. The number of piperazine rings is 1. The van der Waals surface area contributed by atoms with Gasteiger partial charge < -0.3 is 14.5 Å². The first-order valence-corrected chi connectivity index (χ1v) is 11.8. The van der Waals surface area contributed by atoms with E-state index < -0.39 is 0 Å². The molecule has 0 saturated carbocycles. The fourth-order valence-electron chi connectivity index (χ4n) is 3.54. The van der Waals surface area contributed by atoms with E-state index in [0.29, 0.717) is 35.5 Å². The number of anilines is 1. The van der Waals surface area contributed by atoms with E-state index in [0.717, 1.165) is 29.4 Å². The summed E-state index contributed by atoms with van der Waals surface area (Å²) in [5, 5.41) is 1.34. The first-order valence-electron chi connectivity index (χ1n) is 10.5. The maximum absolute atomic E-state index is 12.8. The summed E-state index contributed by atoms with van der Waals surface area (Å²) in [5.74, 6) is 1.48. The molecule has 0 spiro atoms. The molecule has 0 atom stereocenters. The van der Waals surface area contributed by atoms with Crippen LogP contribution in [0.15, 0.2) is 59.9 Å². The summed E-state index contributed by atoms with van der Waals surface area (Å²) in [6.45, 7) is 7.03. The van der Waals surface area contributed by atoms with Gasteiger partial charge in [0, 0.05) is 49.3 Å². The summed E-state index contributed by atoms with van der Waals surface area (Å²) < 4.78 is 5.89. The number of ether oxygens (including phenoxy) is 1. The van der Waals surface area contributed by atoms with Crippen LogP contribution in [0.5, 0.6) is 11.6 Å². The van der Waals surface area contributed by atoms with Gasteiger partial charge in [0.25, 0.3) is 5.88 Å². The van der Waals surface area contributed by atoms with Crippen LogP contribution in [-0.2, 0) is 4.79 Å². The molecule has 6 nitrogen and oxygen atoms in total. The largest absolute Gasteiger partial charge is 0.437 e. The second-order valence-corrected chi connectivity index (χ2v) is 9.07. The number of halogens is 1. The van der Waals surface area contributed by atoms with E-state index in [1.54, 1.807) is 12.4 Å². The molecule has 0 bridgehead atoms. The maximum atomic E-state index is 12.8. The zero-order valence-corrected chi connectivity index (χ0v) is 19.7. The lowest BCUT2D eigenvalue weighted by molar-refractivity contribution is -0.128. The Morgan fingerprint density at radius 3 is 2.50 bits per heavy atom. The van der Waals surface area contributed by atoms with E-state index in [-0.39, 0.29) is 5.91 Å². The highest BCUT2D eigenvalue weighted by Gasteiger charge is 2.23. The fraction of sp³-hybridized carbons (Fsp3) is 0.292. The topological polar surface area (TPSA) is 58.6 Å². The van der Waals surface area contributed by atoms with Gasteiger partial charge in [0.15, 0.2) is 5.03 Å². The number of aryl methyl sites for hydroxylation is 2. The van der Waals surface area contributed by atoms with E-state index >= 15 is 0 Å². The van der Waals surface area contributed by atoms with Crippen LogP contribution in [0.4, 0.5) is 5.69 Å². The first kappa shape index (κ1) is 22.4. The lowest BCUT2D eigenvalue weighted by atomic mass is 10.1. The highest BCUT2D eigenvalue weighted by Crippen LogP contribution is 2.29. The third-order valence-corrected chi connectivity index (χ3v) is 6.53. The zero-order valence-electron chi connectivity index (χ0n) is 18.1. The van der Waals surface area contributed by atoms with Crippen molar-refractivity contribution in [1.29, 1.82) is 0 Å². The smallest absolute Gasteiger partial charge is 0.252 e. The van der Waals surface area contributed by atoms with Gasteiger partial charge in [-0.2, -0.15) is 0 Å². The molecule has 2 aromatic carbocycles. The molecule has 166 valence electrons. The first-order chi connectivity index (χ1) is 15.5. The Kier molecular flexibility index (Phi) is 7.17. The van der Waals surface area contributed by atoms with E-state index in [4.69, 9.17) is 16.3 Å². The Bertz CT molecular complexity index is 1090. The van der Waals surface area contributed by atoms with Gasteiger partial charge in [-0.15, -0.1) is 0 Å². The van der Waals surface area contributed by atoms with E-state index in [2.05, 4.69) is 21.8 Å². The Labute approximate surface area is 197 Å². The number of aromatic nitrogens is 2. The standard InChI is InChI=1S/C24H25ClN4O2S/c1-17-3-7-20(8-4-17)31-23-24(27-10-9-26-23)32-16-22(30)29-13-11-28(12-14-29)21-15-19(25)6-5-18(21)2/h3-10,15H,11-14,16H2,1-2H3. The molecular weight excluding hydrogens is 444 g/mol. The summed E-state index contributed by atoms with van der Waals surface area (Å²) >= 11 is 7.52. The van der Waals surface area contributed by atoms with Crippen molar-refractivity contribution in [2.75, 3.05) is 36.8 Å². The second-order valence-electron chi connectivity index (χ2n) is 7.67. The molecule has 8 heteroatoms. The number of thioether (sulfide) groups is 1. The van der Waals surface area contributed by atoms with E-state index in [1.165, 1.54) is 17.3 Å². The minimum atomic E-state index is 0.0874. The quantitative estimate of drug-likeness (QED) is 0.475. The molecular formula is C24H25ClN4O2S. The van der Waals surface area contributed by atoms with Crippen molar-refractivity contribution in [2.24, 2.45) is 0 Å². The van der Waals surface area contributed by atoms with Gasteiger partial charge in [0.05, 0.1) is 5.75 Å². The van der Waals surface area contributed by atoms with Crippen molar-refractivity contribution in [3.05, 3.63) is 71.0 Å². The SMILES string of the molecule is Cc1ccc(Oc2nccnc2SCC(=O)N2CCN(c3cc(Cl)ccc3C)CC2)cc1. The van der Waals surface area contributed by atoms with Gasteiger partial charge in [0.2, 0.25) is 5.91 Å². The molecule has 1 fully saturated rings. The molecule has 3 aromatic rings. The zero-order chi connectivity index (χ0) is 22.5. The van der Waals surface area contributed by atoms with Crippen molar-refractivity contribution < 1.29 is 9.53 Å². The number of hydrogen-bond donors (Lipinski definition) is 0. The van der Waals surface area contributed by atoms with E-state index in [9.17, 15) is 4.79 Å². The average molecular weight is 469 g/mol. The van der Waals surface area contributed by atoms with Crippen molar-refractivity contribution in [2.45, 2.75) is 18.9 Å². The Balaban J connectivity index is 1.33. The fourth-order valence-corrected chi connectivity index (χ4v) is 4.50. The minimum Gasteiger partial charge on any atom is -0.437 e. The predicted octanol–water partition coefficient (Wildman–Crippen LogP) is 4.98. The van der Waals surface area contributed by atoms with Gasteiger partial charge in [-0.25, -0.2) is 9.97 Å². The van der Waals surface area contributed by atoms with Crippen LogP contribution in [0.25, 0.3) is 0 Å². The Morgan fingerprint density at radius 1 is 1.03 bits per heavy atom. The average Bonchev–Trinajstić information content (AvgIpc) is 2.81. The molecule has 1 saturated heterocycles. The molecule has 32 heavy (non-hydrogen) atoms. The molecule has 0 unspecified atom stereocenters. The molecule has 2 heterocycles. The van der Waals surface area contributed by atoms with Crippen LogP contribution < -0.4 is 9.64 Å².